The number of nitro benzene ring substituents is 1. The summed E-state index contributed by atoms with van der Waals surface area (Å²) in [6, 6.07) is 15.3. The van der Waals surface area contributed by atoms with Crippen molar-refractivity contribution in [3.05, 3.63) is 104 Å². The standard InChI is InChI=1S/C23H13ClN2O7/c24-15-8-4-13(5-9-15)19(27)12-33-23(30)14-6-10-16(11-7-14)25-21(28)17-2-1-3-18(26(31)32)20(17)22(25)29/h1-11H,12H2. The molecule has 1 aliphatic heterocycles. The second-order valence-corrected chi connectivity index (χ2v) is 7.39. The van der Waals surface area contributed by atoms with Gasteiger partial charge >= 0.3 is 5.97 Å². The molecule has 4 rings (SSSR count). The summed E-state index contributed by atoms with van der Waals surface area (Å²) in [4.78, 5) is 61.1. The first kappa shape index (κ1) is 21.8. The lowest BCUT2D eigenvalue weighted by Gasteiger charge is -2.14. The molecule has 33 heavy (non-hydrogen) atoms. The van der Waals surface area contributed by atoms with Gasteiger partial charge < -0.3 is 4.74 Å². The Kier molecular flexibility index (Phi) is 5.72. The normalized spacial score (nSPS) is 12.5. The van der Waals surface area contributed by atoms with Crippen molar-refractivity contribution >= 4 is 46.5 Å². The zero-order valence-electron chi connectivity index (χ0n) is 16.7. The highest BCUT2D eigenvalue weighted by molar-refractivity contribution is 6.35. The van der Waals surface area contributed by atoms with Crippen LogP contribution in [0.25, 0.3) is 0 Å². The van der Waals surface area contributed by atoms with Crippen molar-refractivity contribution in [2.24, 2.45) is 0 Å². The van der Waals surface area contributed by atoms with Gasteiger partial charge in [-0.2, -0.15) is 0 Å². The third-order valence-electron chi connectivity index (χ3n) is 4.95. The number of esters is 1. The number of ketones is 1. The number of anilines is 1. The number of imide groups is 1. The Hall–Kier alpha value is -4.37. The Labute approximate surface area is 191 Å². The van der Waals surface area contributed by atoms with Gasteiger partial charge in [0.15, 0.2) is 12.4 Å². The molecule has 0 saturated carbocycles. The van der Waals surface area contributed by atoms with Crippen LogP contribution >= 0.6 is 11.6 Å². The Morgan fingerprint density at radius 1 is 0.909 bits per heavy atom. The highest BCUT2D eigenvalue weighted by atomic mass is 35.5. The molecule has 0 saturated heterocycles. The van der Waals surface area contributed by atoms with Crippen LogP contribution in [-0.2, 0) is 4.74 Å². The van der Waals surface area contributed by atoms with Gasteiger partial charge in [-0.25, -0.2) is 9.69 Å². The summed E-state index contributed by atoms with van der Waals surface area (Å²) >= 11 is 5.78. The Bertz CT molecular complexity index is 1320. The van der Waals surface area contributed by atoms with E-state index >= 15 is 0 Å². The van der Waals surface area contributed by atoms with Crippen molar-refractivity contribution in [2.45, 2.75) is 0 Å². The predicted octanol–water partition coefficient (Wildman–Crippen LogP) is 4.09. The van der Waals surface area contributed by atoms with Crippen molar-refractivity contribution in [2.75, 3.05) is 11.5 Å². The minimum absolute atomic E-state index is 0.0709. The number of hydrogen-bond acceptors (Lipinski definition) is 7. The van der Waals surface area contributed by atoms with E-state index in [0.29, 0.717) is 10.6 Å². The summed E-state index contributed by atoms with van der Waals surface area (Å²) in [5.74, 6) is -2.72. The molecule has 0 spiro atoms. The molecule has 0 radical (unpaired) electrons. The summed E-state index contributed by atoms with van der Waals surface area (Å²) in [6.45, 7) is -0.482. The average molecular weight is 465 g/mol. The molecule has 164 valence electrons. The van der Waals surface area contributed by atoms with E-state index in [4.69, 9.17) is 16.3 Å². The molecule has 0 aromatic heterocycles. The van der Waals surface area contributed by atoms with Crippen LogP contribution in [0.2, 0.25) is 5.02 Å². The number of ether oxygens (including phenoxy) is 1. The second-order valence-electron chi connectivity index (χ2n) is 6.96. The third kappa shape index (κ3) is 4.09. The first-order chi connectivity index (χ1) is 15.8. The van der Waals surface area contributed by atoms with Crippen LogP contribution < -0.4 is 4.90 Å². The van der Waals surface area contributed by atoms with Crippen molar-refractivity contribution in [1.82, 2.24) is 0 Å². The van der Waals surface area contributed by atoms with E-state index in [-0.39, 0.29) is 22.4 Å². The number of carbonyl (C=O) groups is 4. The van der Waals surface area contributed by atoms with Crippen molar-refractivity contribution in [3.8, 4) is 0 Å². The van der Waals surface area contributed by atoms with Crippen LogP contribution in [-0.4, -0.2) is 35.1 Å². The fraction of sp³-hybridized carbons (Fsp3) is 0.0435. The second kappa shape index (κ2) is 8.64. The Morgan fingerprint density at radius 3 is 2.18 bits per heavy atom. The molecule has 0 atom stereocenters. The van der Waals surface area contributed by atoms with Gasteiger partial charge in [-0.3, -0.25) is 24.5 Å². The van der Waals surface area contributed by atoms with Crippen LogP contribution in [0.5, 0.6) is 0 Å². The molecule has 9 nitrogen and oxygen atoms in total. The molecule has 0 aliphatic carbocycles. The van der Waals surface area contributed by atoms with Crippen LogP contribution in [0.15, 0.2) is 66.7 Å². The van der Waals surface area contributed by atoms with Crippen molar-refractivity contribution < 1.29 is 28.8 Å². The minimum atomic E-state index is -0.828. The maximum atomic E-state index is 12.7. The van der Waals surface area contributed by atoms with E-state index in [1.54, 1.807) is 12.1 Å². The van der Waals surface area contributed by atoms with Gasteiger partial charge in [0.05, 0.1) is 21.7 Å². The number of carbonyl (C=O) groups excluding carboxylic acids is 4. The van der Waals surface area contributed by atoms with E-state index < -0.39 is 40.8 Å². The van der Waals surface area contributed by atoms with Gasteiger partial charge in [0.2, 0.25) is 0 Å². The molecule has 1 heterocycles. The fourth-order valence-electron chi connectivity index (χ4n) is 3.33. The van der Waals surface area contributed by atoms with E-state index in [1.807, 2.05) is 0 Å². The molecule has 0 unspecified atom stereocenters. The SMILES string of the molecule is O=C(COC(=O)c1ccc(N2C(=O)c3cccc([N+](=O)[O-])c3C2=O)cc1)c1ccc(Cl)cc1. The van der Waals surface area contributed by atoms with E-state index in [0.717, 1.165) is 11.0 Å². The van der Waals surface area contributed by atoms with E-state index in [2.05, 4.69) is 0 Å². The highest BCUT2D eigenvalue weighted by Gasteiger charge is 2.41. The number of fused-ring (bicyclic) bond motifs is 1. The maximum absolute atomic E-state index is 12.7. The smallest absolute Gasteiger partial charge is 0.338 e. The molecule has 1 aliphatic rings. The lowest BCUT2D eigenvalue weighted by molar-refractivity contribution is -0.385. The monoisotopic (exact) mass is 464 g/mol. The van der Waals surface area contributed by atoms with Gasteiger partial charge in [-0.15, -0.1) is 0 Å². The highest BCUT2D eigenvalue weighted by Crippen LogP contribution is 2.33. The van der Waals surface area contributed by atoms with Crippen molar-refractivity contribution in [3.63, 3.8) is 0 Å². The molecule has 0 N–H and O–H groups in total. The number of nitrogens with zero attached hydrogens (tertiary/aromatic N) is 2. The van der Waals surface area contributed by atoms with E-state index in [1.165, 1.54) is 48.5 Å². The van der Waals surface area contributed by atoms with Crippen LogP contribution in [0, 0.1) is 10.1 Å². The minimum Gasteiger partial charge on any atom is -0.454 e. The molecule has 10 heteroatoms. The molecule has 2 amide bonds. The number of hydrogen-bond donors (Lipinski definition) is 0. The number of amides is 2. The largest absolute Gasteiger partial charge is 0.454 e. The van der Waals surface area contributed by atoms with Gasteiger partial charge in [0.1, 0.15) is 5.56 Å². The fourth-order valence-corrected chi connectivity index (χ4v) is 3.46. The van der Waals surface area contributed by atoms with Gasteiger partial charge in [-0.1, -0.05) is 17.7 Å². The van der Waals surface area contributed by atoms with Crippen LogP contribution in [0.3, 0.4) is 0 Å². The number of rotatable bonds is 6. The Morgan fingerprint density at radius 2 is 1.55 bits per heavy atom. The summed E-state index contributed by atoms with van der Waals surface area (Å²) < 4.78 is 5.03. The van der Waals surface area contributed by atoms with Gasteiger partial charge in [-0.05, 0) is 54.6 Å². The predicted molar refractivity (Wildman–Crippen MR) is 117 cm³/mol. The van der Waals surface area contributed by atoms with E-state index in [9.17, 15) is 29.3 Å². The quantitative estimate of drug-likeness (QED) is 0.177. The average Bonchev–Trinajstić information content (AvgIpc) is 3.07. The first-order valence-corrected chi connectivity index (χ1v) is 9.88. The lowest BCUT2D eigenvalue weighted by atomic mass is 10.1. The number of benzene rings is 3. The third-order valence-corrected chi connectivity index (χ3v) is 5.20. The lowest BCUT2D eigenvalue weighted by Crippen LogP contribution is -2.29. The number of nitro groups is 1. The molecule has 0 fully saturated rings. The Balaban J connectivity index is 1.47. The molecule has 3 aromatic carbocycles. The molecule has 3 aromatic rings. The molecular formula is C23H13ClN2O7. The zero-order valence-corrected chi connectivity index (χ0v) is 17.4. The summed E-state index contributed by atoms with van der Waals surface area (Å²) in [7, 11) is 0. The van der Waals surface area contributed by atoms with Gasteiger partial charge in [0, 0.05) is 16.7 Å². The maximum Gasteiger partial charge on any atom is 0.338 e. The summed E-state index contributed by atoms with van der Waals surface area (Å²) in [5, 5.41) is 11.7. The summed E-state index contributed by atoms with van der Waals surface area (Å²) in [5.41, 5.74) is -0.259. The van der Waals surface area contributed by atoms with Gasteiger partial charge in [0.25, 0.3) is 17.5 Å². The summed E-state index contributed by atoms with van der Waals surface area (Å²) in [6.07, 6.45) is 0. The first-order valence-electron chi connectivity index (χ1n) is 9.50. The molecular weight excluding hydrogens is 452 g/mol. The zero-order chi connectivity index (χ0) is 23.7. The topological polar surface area (TPSA) is 124 Å². The van der Waals surface area contributed by atoms with Crippen molar-refractivity contribution in [1.29, 1.82) is 0 Å². The number of halogens is 1. The van der Waals surface area contributed by atoms with Crippen LogP contribution in [0.4, 0.5) is 11.4 Å². The van der Waals surface area contributed by atoms with Crippen LogP contribution in [0.1, 0.15) is 41.4 Å². The molecule has 0 bridgehead atoms. The number of Topliss-reactive ketones (excluding diaryl/α,β-unsaturated/α-hetero) is 1.